The van der Waals surface area contributed by atoms with Gasteiger partial charge in [0, 0.05) is 23.2 Å². The molecule has 1 unspecified atom stereocenters. The van der Waals surface area contributed by atoms with Crippen molar-refractivity contribution in [1.82, 2.24) is 13.9 Å². The lowest BCUT2D eigenvalue weighted by Crippen LogP contribution is -2.29. The molecule has 188 valence electrons. The molecule has 3 aromatic heterocycles. The molecule has 0 bridgehead atoms. The number of nitrogens with two attached hydrogens (primary N) is 1. The van der Waals surface area contributed by atoms with Crippen molar-refractivity contribution in [3.8, 4) is 11.3 Å². The summed E-state index contributed by atoms with van der Waals surface area (Å²) in [5, 5.41) is 0.290. The van der Waals surface area contributed by atoms with Gasteiger partial charge in [0.1, 0.15) is 11.6 Å². The van der Waals surface area contributed by atoms with Crippen LogP contribution in [-0.4, -0.2) is 28.4 Å². The maximum absolute atomic E-state index is 15.0. The van der Waals surface area contributed by atoms with E-state index in [4.69, 9.17) is 5.73 Å². The zero-order chi connectivity index (χ0) is 25.6. The van der Waals surface area contributed by atoms with E-state index in [1.54, 1.807) is 19.1 Å². The highest BCUT2D eigenvalue weighted by atomic mass is 32.2. The first-order valence-corrected chi connectivity index (χ1v) is 13.5. The predicted molar refractivity (Wildman–Crippen MR) is 135 cm³/mol. The molecule has 0 spiro atoms. The van der Waals surface area contributed by atoms with Crippen LogP contribution in [0.1, 0.15) is 42.5 Å². The van der Waals surface area contributed by atoms with E-state index in [9.17, 15) is 17.2 Å². The lowest BCUT2D eigenvalue weighted by molar-refractivity contribution is 0.316. The van der Waals surface area contributed by atoms with Crippen molar-refractivity contribution < 1.29 is 17.2 Å². The van der Waals surface area contributed by atoms with Crippen LogP contribution in [0.25, 0.3) is 22.3 Å². The van der Waals surface area contributed by atoms with Crippen LogP contribution in [0.2, 0.25) is 0 Å². The van der Waals surface area contributed by atoms with E-state index < -0.39 is 21.7 Å². The Labute approximate surface area is 209 Å². The number of aryl methyl sites for hydroxylation is 2. The van der Waals surface area contributed by atoms with Gasteiger partial charge in [0.15, 0.2) is 5.65 Å². The standard InChI is InChI=1S/C27H28F2N4O2S/c1-16-6-8-21(9-7-16)36(34,35)33-15-23(22-13-19(28)14-31-27(22)33)26-17(2)10-24(29)25(32-26)12-18-4-3-5-20(30)11-18/h6-10,13-15,18,20H,3-5,11-12,30H2,1-2H3/t18?,20-/m1/s1. The number of halogens is 2. The molecule has 4 aromatic rings. The van der Waals surface area contributed by atoms with Crippen LogP contribution in [0.4, 0.5) is 8.78 Å². The minimum Gasteiger partial charge on any atom is -0.328 e. The number of benzene rings is 1. The Morgan fingerprint density at radius 1 is 1.11 bits per heavy atom. The molecule has 1 aliphatic carbocycles. The largest absolute Gasteiger partial charge is 0.328 e. The topological polar surface area (TPSA) is 90.9 Å². The Kier molecular flexibility index (Phi) is 6.38. The third-order valence-electron chi connectivity index (χ3n) is 6.96. The normalized spacial score (nSPS) is 18.6. The van der Waals surface area contributed by atoms with E-state index in [0.717, 1.165) is 41.4 Å². The lowest BCUT2D eigenvalue weighted by atomic mass is 9.83. The van der Waals surface area contributed by atoms with Crippen molar-refractivity contribution >= 4 is 21.1 Å². The van der Waals surface area contributed by atoms with Crippen LogP contribution in [-0.2, 0) is 16.4 Å². The Bertz CT molecular complexity index is 1550. The van der Waals surface area contributed by atoms with Gasteiger partial charge in [0.2, 0.25) is 0 Å². The third kappa shape index (κ3) is 4.53. The average Bonchev–Trinajstić information content (AvgIpc) is 3.20. The summed E-state index contributed by atoms with van der Waals surface area (Å²) >= 11 is 0. The van der Waals surface area contributed by atoms with Gasteiger partial charge in [0.05, 0.1) is 22.5 Å². The third-order valence-corrected chi connectivity index (χ3v) is 8.62. The molecule has 1 fully saturated rings. The Balaban J connectivity index is 1.65. The van der Waals surface area contributed by atoms with Crippen LogP contribution in [0.15, 0.2) is 53.7 Å². The van der Waals surface area contributed by atoms with E-state index in [-0.39, 0.29) is 22.5 Å². The van der Waals surface area contributed by atoms with Gasteiger partial charge in [-0.25, -0.2) is 31.1 Å². The number of pyridine rings is 2. The molecule has 1 aliphatic rings. The van der Waals surface area contributed by atoms with Crippen molar-refractivity contribution in [2.75, 3.05) is 0 Å². The maximum atomic E-state index is 15.0. The number of hydrogen-bond acceptors (Lipinski definition) is 5. The smallest absolute Gasteiger partial charge is 0.269 e. The molecular weight excluding hydrogens is 482 g/mol. The second kappa shape index (κ2) is 9.37. The molecule has 5 rings (SSSR count). The summed E-state index contributed by atoms with van der Waals surface area (Å²) in [6, 6.07) is 9.22. The van der Waals surface area contributed by atoms with Gasteiger partial charge in [-0.3, -0.25) is 0 Å². The van der Waals surface area contributed by atoms with Crippen molar-refractivity contribution in [1.29, 1.82) is 0 Å². The molecule has 0 radical (unpaired) electrons. The molecule has 2 atom stereocenters. The first-order valence-electron chi connectivity index (χ1n) is 12.0. The van der Waals surface area contributed by atoms with Crippen LogP contribution < -0.4 is 5.73 Å². The highest BCUT2D eigenvalue weighted by Crippen LogP contribution is 2.35. The molecule has 2 N–H and O–H groups in total. The summed E-state index contributed by atoms with van der Waals surface area (Å²) in [5.41, 5.74) is 8.74. The van der Waals surface area contributed by atoms with Gasteiger partial charge < -0.3 is 5.73 Å². The summed E-state index contributed by atoms with van der Waals surface area (Å²) in [5.74, 6) is -0.783. The van der Waals surface area contributed by atoms with Crippen LogP contribution >= 0.6 is 0 Å². The summed E-state index contributed by atoms with van der Waals surface area (Å²) in [7, 11) is -4.03. The monoisotopic (exact) mass is 510 g/mol. The van der Waals surface area contributed by atoms with Gasteiger partial charge in [0.25, 0.3) is 10.0 Å². The molecule has 1 aromatic carbocycles. The fourth-order valence-corrected chi connectivity index (χ4v) is 6.40. The molecule has 0 amide bonds. The molecular formula is C27H28F2N4O2S. The number of rotatable bonds is 5. The second-order valence-electron chi connectivity index (χ2n) is 9.76. The minimum absolute atomic E-state index is 0.0808. The molecule has 1 saturated carbocycles. The lowest BCUT2D eigenvalue weighted by Gasteiger charge is -2.26. The van der Waals surface area contributed by atoms with Crippen LogP contribution in [0.5, 0.6) is 0 Å². The Morgan fingerprint density at radius 3 is 2.58 bits per heavy atom. The average molecular weight is 511 g/mol. The zero-order valence-electron chi connectivity index (χ0n) is 20.2. The Hall–Kier alpha value is -3.17. The SMILES string of the molecule is Cc1ccc(S(=O)(=O)n2cc(-c3nc(CC4CCC[C@@H](N)C4)c(F)cc3C)c3cc(F)cnc32)cc1. The van der Waals surface area contributed by atoms with E-state index in [1.165, 1.54) is 30.5 Å². The quantitative estimate of drug-likeness (QED) is 0.394. The van der Waals surface area contributed by atoms with Gasteiger partial charge in [-0.15, -0.1) is 0 Å². The maximum Gasteiger partial charge on any atom is 0.269 e. The molecule has 9 heteroatoms. The Morgan fingerprint density at radius 2 is 1.86 bits per heavy atom. The predicted octanol–water partition coefficient (Wildman–Crippen LogP) is 5.29. The first kappa shape index (κ1) is 24.5. The first-order chi connectivity index (χ1) is 17.1. The molecule has 6 nitrogen and oxygen atoms in total. The summed E-state index contributed by atoms with van der Waals surface area (Å²) in [6.07, 6.45) is 6.57. The number of hydrogen-bond donors (Lipinski definition) is 1. The van der Waals surface area contributed by atoms with Crippen molar-refractivity contribution in [3.05, 3.63) is 77.2 Å². The van der Waals surface area contributed by atoms with Gasteiger partial charge in [-0.2, -0.15) is 0 Å². The fraction of sp³-hybridized carbons (Fsp3) is 0.333. The summed E-state index contributed by atoms with van der Waals surface area (Å²) in [4.78, 5) is 8.83. The second-order valence-corrected chi connectivity index (χ2v) is 11.6. The van der Waals surface area contributed by atoms with Crippen LogP contribution in [0, 0.1) is 31.4 Å². The van der Waals surface area contributed by atoms with Gasteiger partial charge in [-0.1, -0.05) is 24.1 Å². The zero-order valence-corrected chi connectivity index (χ0v) is 21.0. The molecule has 3 heterocycles. The fourth-order valence-electron chi connectivity index (χ4n) is 5.08. The van der Waals surface area contributed by atoms with E-state index in [2.05, 4.69) is 9.97 Å². The molecule has 36 heavy (non-hydrogen) atoms. The van der Waals surface area contributed by atoms with E-state index in [1.807, 2.05) is 6.92 Å². The molecule has 0 aliphatic heterocycles. The number of fused-ring (bicyclic) bond motifs is 1. The highest BCUT2D eigenvalue weighted by Gasteiger charge is 2.26. The number of aromatic nitrogens is 3. The van der Waals surface area contributed by atoms with Crippen molar-refractivity contribution in [2.24, 2.45) is 11.7 Å². The van der Waals surface area contributed by atoms with Crippen LogP contribution in [0.3, 0.4) is 0 Å². The highest BCUT2D eigenvalue weighted by molar-refractivity contribution is 7.90. The summed E-state index contributed by atoms with van der Waals surface area (Å²) < 4.78 is 57.3. The number of nitrogens with zero attached hydrogens (tertiary/aromatic N) is 3. The van der Waals surface area contributed by atoms with Gasteiger partial charge >= 0.3 is 0 Å². The van der Waals surface area contributed by atoms with E-state index in [0.29, 0.717) is 34.3 Å². The van der Waals surface area contributed by atoms with Crippen molar-refractivity contribution in [2.45, 2.75) is 56.9 Å². The van der Waals surface area contributed by atoms with Crippen molar-refractivity contribution in [3.63, 3.8) is 0 Å². The van der Waals surface area contributed by atoms with E-state index >= 15 is 0 Å². The summed E-state index contributed by atoms with van der Waals surface area (Å²) in [6.45, 7) is 3.57. The molecule has 0 saturated heterocycles. The minimum atomic E-state index is -4.03. The van der Waals surface area contributed by atoms with Gasteiger partial charge in [-0.05, 0) is 75.3 Å².